The van der Waals surface area contributed by atoms with E-state index in [1.807, 2.05) is 9.80 Å². The van der Waals surface area contributed by atoms with Gasteiger partial charge in [-0.25, -0.2) is 0 Å². The summed E-state index contributed by atoms with van der Waals surface area (Å²) in [6, 6.07) is 0.384. The van der Waals surface area contributed by atoms with Gasteiger partial charge in [0.15, 0.2) is 0 Å². The van der Waals surface area contributed by atoms with Crippen LogP contribution < -0.4 is 0 Å². The second-order valence-electron chi connectivity index (χ2n) is 7.19. The van der Waals surface area contributed by atoms with E-state index in [0.29, 0.717) is 24.9 Å². The normalized spacial score (nSPS) is 23.9. The minimum absolute atomic E-state index is 0.255. The number of carbonyl (C=O) groups excluding carboxylic acids is 2. The Morgan fingerprint density at radius 2 is 1.68 bits per heavy atom. The van der Waals surface area contributed by atoms with Crippen LogP contribution in [0, 0.1) is 5.92 Å². The van der Waals surface area contributed by atoms with Gasteiger partial charge in [-0.3, -0.25) is 14.5 Å². The summed E-state index contributed by atoms with van der Waals surface area (Å²) < 4.78 is 0. The molecular weight excluding hydrogens is 278 g/mol. The number of nitrogens with zero attached hydrogens (tertiary/aromatic N) is 3. The molecule has 22 heavy (non-hydrogen) atoms. The average molecular weight is 309 g/mol. The van der Waals surface area contributed by atoms with Gasteiger partial charge in [-0.2, -0.15) is 0 Å². The van der Waals surface area contributed by atoms with E-state index in [2.05, 4.69) is 25.7 Å². The molecule has 0 bridgehead atoms. The number of amides is 2. The van der Waals surface area contributed by atoms with Crippen molar-refractivity contribution in [1.29, 1.82) is 0 Å². The molecule has 0 aromatic carbocycles. The molecule has 1 atom stereocenters. The third-order valence-corrected chi connectivity index (χ3v) is 4.79. The highest BCUT2D eigenvalue weighted by molar-refractivity contribution is 5.79. The van der Waals surface area contributed by atoms with Crippen LogP contribution in [-0.4, -0.2) is 71.8 Å². The quantitative estimate of drug-likeness (QED) is 0.792. The monoisotopic (exact) mass is 309 g/mol. The lowest BCUT2D eigenvalue weighted by Crippen LogP contribution is -2.53. The minimum Gasteiger partial charge on any atom is -0.340 e. The van der Waals surface area contributed by atoms with Gasteiger partial charge in [-0.1, -0.05) is 13.8 Å². The Morgan fingerprint density at radius 3 is 2.27 bits per heavy atom. The minimum atomic E-state index is 0.255. The van der Waals surface area contributed by atoms with E-state index >= 15 is 0 Å². The maximum Gasteiger partial charge on any atom is 0.236 e. The first-order valence-electron chi connectivity index (χ1n) is 8.77. The Morgan fingerprint density at radius 1 is 1.00 bits per heavy atom. The van der Waals surface area contributed by atoms with E-state index in [1.54, 1.807) is 0 Å². The molecule has 0 N–H and O–H groups in total. The number of carbonyl (C=O) groups is 2. The topological polar surface area (TPSA) is 43.9 Å². The molecule has 0 radical (unpaired) electrons. The highest BCUT2D eigenvalue weighted by Gasteiger charge is 2.27. The molecule has 5 nitrogen and oxygen atoms in total. The van der Waals surface area contributed by atoms with Crippen LogP contribution in [0.5, 0.6) is 0 Å². The molecular formula is C17H31N3O2. The fourth-order valence-electron chi connectivity index (χ4n) is 3.38. The molecule has 2 aliphatic rings. The molecule has 0 saturated carbocycles. The number of piperidine rings is 1. The second-order valence-corrected chi connectivity index (χ2v) is 7.19. The van der Waals surface area contributed by atoms with Crippen molar-refractivity contribution >= 4 is 11.8 Å². The number of hydrogen-bond donors (Lipinski definition) is 0. The van der Waals surface area contributed by atoms with Gasteiger partial charge < -0.3 is 9.80 Å². The van der Waals surface area contributed by atoms with E-state index in [4.69, 9.17) is 0 Å². The van der Waals surface area contributed by atoms with Gasteiger partial charge in [0.05, 0.1) is 6.54 Å². The first-order chi connectivity index (χ1) is 10.5. The van der Waals surface area contributed by atoms with Crippen molar-refractivity contribution in [3.05, 3.63) is 0 Å². The molecule has 2 rings (SSSR count). The maximum atomic E-state index is 12.4. The lowest BCUT2D eigenvalue weighted by molar-refractivity contribution is -0.137. The van der Waals surface area contributed by atoms with Crippen molar-refractivity contribution in [2.75, 3.05) is 39.3 Å². The summed E-state index contributed by atoms with van der Waals surface area (Å²) in [5.41, 5.74) is 0. The Hall–Kier alpha value is -1.10. The lowest BCUT2D eigenvalue weighted by Gasteiger charge is -2.38. The zero-order valence-corrected chi connectivity index (χ0v) is 14.4. The van der Waals surface area contributed by atoms with Crippen molar-refractivity contribution in [2.45, 2.75) is 52.5 Å². The summed E-state index contributed by atoms with van der Waals surface area (Å²) in [5.74, 6) is 0.924. The standard InChI is InChI=1S/C17H31N3O2/c1-14(2)12-16(21)19-10-8-18(9-11-19)13-17(22)20-7-5-4-6-15(20)3/h14-15H,4-13H2,1-3H3. The van der Waals surface area contributed by atoms with Crippen LogP contribution in [0.2, 0.25) is 0 Å². The predicted octanol–water partition coefficient (Wildman–Crippen LogP) is 1.58. The van der Waals surface area contributed by atoms with Crippen LogP contribution in [0.1, 0.15) is 46.5 Å². The van der Waals surface area contributed by atoms with E-state index in [1.165, 1.54) is 6.42 Å². The zero-order chi connectivity index (χ0) is 16.1. The molecule has 0 aromatic heterocycles. The lowest BCUT2D eigenvalue weighted by atomic mass is 10.0. The highest BCUT2D eigenvalue weighted by Crippen LogP contribution is 2.17. The number of likely N-dealkylation sites (tertiary alicyclic amines) is 1. The van der Waals surface area contributed by atoms with E-state index in [0.717, 1.165) is 45.6 Å². The summed E-state index contributed by atoms with van der Waals surface area (Å²) >= 11 is 0. The Kier molecular flexibility index (Phi) is 6.24. The molecule has 2 amide bonds. The molecule has 2 aliphatic heterocycles. The molecule has 2 saturated heterocycles. The van der Waals surface area contributed by atoms with Gasteiger partial charge in [0.1, 0.15) is 0 Å². The third kappa shape index (κ3) is 4.70. The summed E-state index contributed by atoms with van der Waals surface area (Å²) in [6.45, 7) is 10.9. The van der Waals surface area contributed by atoms with Gasteiger partial charge in [0.2, 0.25) is 11.8 Å². The fraction of sp³-hybridized carbons (Fsp3) is 0.882. The van der Waals surface area contributed by atoms with E-state index in [9.17, 15) is 9.59 Å². The largest absolute Gasteiger partial charge is 0.340 e. The second kappa shape index (κ2) is 7.95. The van der Waals surface area contributed by atoms with Crippen LogP contribution in [0.3, 0.4) is 0 Å². The smallest absolute Gasteiger partial charge is 0.236 e. The zero-order valence-electron chi connectivity index (χ0n) is 14.4. The van der Waals surface area contributed by atoms with Gasteiger partial charge in [-0.15, -0.1) is 0 Å². The van der Waals surface area contributed by atoms with E-state index < -0.39 is 0 Å². The molecule has 1 unspecified atom stereocenters. The van der Waals surface area contributed by atoms with Gasteiger partial charge in [0.25, 0.3) is 0 Å². The van der Waals surface area contributed by atoms with Crippen LogP contribution in [-0.2, 0) is 9.59 Å². The Bertz CT molecular complexity index is 389. The average Bonchev–Trinajstić information content (AvgIpc) is 2.47. The fourth-order valence-corrected chi connectivity index (χ4v) is 3.38. The van der Waals surface area contributed by atoms with Crippen molar-refractivity contribution < 1.29 is 9.59 Å². The van der Waals surface area contributed by atoms with Gasteiger partial charge in [-0.05, 0) is 32.1 Å². The van der Waals surface area contributed by atoms with Gasteiger partial charge in [0, 0.05) is 45.2 Å². The highest BCUT2D eigenvalue weighted by atomic mass is 16.2. The van der Waals surface area contributed by atoms with Crippen molar-refractivity contribution in [3.8, 4) is 0 Å². The third-order valence-electron chi connectivity index (χ3n) is 4.79. The van der Waals surface area contributed by atoms with Crippen LogP contribution in [0.25, 0.3) is 0 Å². The molecule has 2 fully saturated rings. The van der Waals surface area contributed by atoms with Crippen molar-refractivity contribution in [1.82, 2.24) is 14.7 Å². The van der Waals surface area contributed by atoms with Crippen LogP contribution in [0.15, 0.2) is 0 Å². The molecule has 2 heterocycles. The maximum absolute atomic E-state index is 12.4. The van der Waals surface area contributed by atoms with Crippen molar-refractivity contribution in [2.24, 2.45) is 5.92 Å². The van der Waals surface area contributed by atoms with E-state index in [-0.39, 0.29) is 11.8 Å². The predicted molar refractivity (Wildman–Crippen MR) is 87.5 cm³/mol. The summed E-state index contributed by atoms with van der Waals surface area (Å²) in [4.78, 5) is 30.7. The SMILES string of the molecule is CC(C)CC(=O)N1CCN(CC(=O)N2CCCCC2C)CC1. The number of rotatable bonds is 4. The van der Waals surface area contributed by atoms with Crippen LogP contribution in [0.4, 0.5) is 0 Å². The van der Waals surface area contributed by atoms with Crippen LogP contribution >= 0.6 is 0 Å². The molecule has 5 heteroatoms. The Balaban J connectivity index is 1.75. The summed E-state index contributed by atoms with van der Waals surface area (Å²) in [5, 5.41) is 0. The molecule has 126 valence electrons. The summed E-state index contributed by atoms with van der Waals surface area (Å²) in [7, 11) is 0. The first kappa shape index (κ1) is 17.3. The number of piperazine rings is 1. The molecule has 0 aromatic rings. The first-order valence-corrected chi connectivity index (χ1v) is 8.77. The molecule has 0 aliphatic carbocycles. The number of hydrogen-bond acceptors (Lipinski definition) is 3. The Labute approximate surface area is 134 Å². The summed E-state index contributed by atoms with van der Waals surface area (Å²) in [6.07, 6.45) is 4.13. The van der Waals surface area contributed by atoms with Gasteiger partial charge >= 0.3 is 0 Å². The molecule has 0 spiro atoms. The van der Waals surface area contributed by atoms with Crippen molar-refractivity contribution in [3.63, 3.8) is 0 Å².